The van der Waals surface area contributed by atoms with Gasteiger partial charge in [0.15, 0.2) is 0 Å². The van der Waals surface area contributed by atoms with Crippen molar-refractivity contribution in [2.75, 3.05) is 4.90 Å². The van der Waals surface area contributed by atoms with E-state index in [0.717, 1.165) is 17.1 Å². The van der Waals surface area contributed by atoms with Gasteiger partial charge in [0.05, 0.1) is 5.69 Å². The van der Waals surface area contributed by atoms with Crippen LogP contribution < -0.4 is 4.90 Å². The van der Waals surface area contributed by atoms with Gasteiger partial charge >= 0.3 is 11.9 Å². The number of halogens is 1. The van der Waals surface area contributed by atoms with Crippen LogP contribution in [0.4, 0.5) is 5.69 Å². The fraction of sp³-hybridized carbons (Fsp3) is 0. The molecule has 0 saturated carbocycles. The maximum Gasteiger partial charge on any atom is 0.338 e. The Hall–Kier alpha value is -2.73. The number of carbonyl (C=O) groups is 4. The minimum Gasteiger partial charge on any atom is -0.387 e. The number of cyclic esters (lactones) is 2. The van der Waals surface area contributed by atoms with Crippen LogP contribution in [0.5, 0.6) is 0 Å². The molecule has 2 aliphatic heterocycles. The van der Waals surface area contributed by atoms with Crippen molar-refractivity contribution in [1.29, 1.82) is 0 Å². The second kappa shape index (κ2) is 6.15. The number of amides is 2. The van der Waals surface area contributed by atoms with Gasteiger partial charge in [0.25, 0.3) is 11.8 Å². The maximum absolute atomic E-state index is 11.3. The number of ether oxygens (including phenoxy) is 1. The molecule has 0 spiro atoms. The van der Waals surface area contributed by atoms with Gasteiger partial charge in [-0.1, -0.05) is 11.6 Å². The summed E-state index contributed by atoms with van der Waals surface area (Å²) in [4.78, 5) is 43.5. The first-order valence-corrected chi connectivity index (χ1v) is 6.11. The SMILES string of the molecule is O=C1C=CC(=O)N1c1ccc(Cl)cc1.O=C1C=CC(=O)O1. The Labute approximate surface area is 124 Å². The molecule has 0 atom stereocenters. The third-order valence-electron chi connectivity index (χ3n) is 2.45. The molecule has 0 aromatic heterocycles. The molecule has 0 radical (unpaired) electrons. The number of nitrogens with zero attached hydrogens (tertiary/aromatic N) is 1. The quantitative estimate of drug-likeness (QED) is 0.445. The smallest absolute Gasteiger partial charge is 0.338 e. The number of hydrogen-bond acceptors (Lipinski definition) is 5. The van der Waals surface area contributed by atoms with Gasteiger partial charge in [0, 0.05) is 29.3 Å². The van der Waals surface area contributed by atoms with Gasteiger partial charge in [-0.2, -0.15) is 0 Å². The summed E-state index contributed by atoms with van der Waals surface area (Å²) in [6.07, 6.45) is 4.67. The molecule has 7 heteroatoms. The monoisotopic (exact) mass is 305 g/mol. The van der Waals surface area contributed by atoms with E-state index < -0.39 is 11.9 Å². The summed E-state index contributed by atoms with van der Waals surface area (Å²) in [5.74, 6) is -1.80. The lowest BCUT2D eigenvalue weighted by Crippen LogP contribution is -2.29. The van der Waals surface area contributed by atoms with E-state index in [1.165, 1.54) is 12.2 Å². The first-order chi connectivity index (χ1) is 9.97. The number of hydrogen-bond donors (Lipinski definition) is 0. The fourth-order valence-electron chi connectivity index (χ4n) is 1.55. The standard InChI is InChI=1S/C10H6ClNO2.C4H2O3/c11-7-1-3-8(4-2-7)12-9(13)5-6-10(12)14;5-3-1-2-4(6)7-3/h1-6H;1-2H. The van der Waals surface area contributed by atoms with Crippen LogP contribution in [0.25, 0.3) is 0 Å². The first kappa shape index (κ1) is 14.7. The minimum atomic E-state index is -0.579. The molecule has 2 heterocycles. The van der Waals surface area contributed by atoms with Gasteiger partial charge in [0.2, 0.25) is 0 Å². The number of esters is 2. The number of benzene rings is 1. The number of carbonyl (C=O) groups excluding carboxylic acids is 4. The first-order valence-electron chi connectivity index (χ1n) is 5.73. The van der Waals surface area contributed by atoms with Crippen molar-refractivity contribution in [2.24, 2.45) is 0 Å². The average Bonchev–Trinajstić information content (AvgIpc) is 2.98. The predicted octanol–water partition coefficient (Wildman–Crippen LogP) is 1.40. The number of anilines is 1. The van der Waals surface area contributed by atoms with E-state index in [1.807, 2.05) is 0 Å². The van der Waals surface area contributed by atoms with Crippen molar-refractivity contribution in [3.05, 3.63) is 53.6 Å². The van der Waals surface area contributed by atoms with Crippen LogP contribution in [0, 0.1) is 0 Å². The molecule has 2 amide bonds. The maximum atomic E-state index is 11.3. The Morgan fingerprint density at radius 3 is 1.62 bits per heavy atom. The molecule has 1 aromatic rings. The largest absolute Gasteiger partial charge is 0.387 e. The van der Waals surface area contributed by atoms with Gasteiger partial charge in [0.1, 0.15) is 0 Å². The van der Waals surface area contributed by atoms with Crippen molar-refractivity contribution >= 4 is 41.0 Å². The molecule has 0 unspecified atom stereocenters. The molecule has 2 aliphatic rings. The summed E-state index contributed by atoms with van der Waals surface area (Å²) in [6, 6.07) is 6.53. The molecule has 0 fully saturated rings. The van der Waals surface area contributed by atoms with E-state index in [1.54, 1.807) is 24.3 Å². The number of imide groups is 1. The highest BCUT2D eigenvalue weighted by molar-refractivity contribution is 6.31. The van der Waals surface area contributed by atoms with Crippen molar-refractivity contribution in [3.63, 3.8) is 0 Å². The van der Waals surface area contributed by atoms with Crippen molar-refractivity contribution in [3.8, 4) is 0 Å². The van der Waals surface area contributed by atoms with Crippen LogP contribution in [0.1, 0.15) is 0 Å². The van der Waals surface area contributed by atoms with Crippen LogP contribution in [-0.4, -0.2) is 23.8 Å². The molecule has 21 heavy (non-hydrogen) atoms. The molecule has 0 aliphatic carbocycles. The van der Waals surface area contributed by atoms with E-state index in [2.05, 4.69) is 4.74 Å². The second-order valence-electron chi connectivity index (χ2n) is 3.90. The summed E-state index contributed by atoms with van der Waals surface area (Å²) in [7, 11) is 0. The van der Waals surface area contributed by atoms with Gasteiger partial charge in [-0.15, -0.1) is 0 Å². The molecule has 6 nitrogen and oxygen atoms in total. The molecule has 3 rings (SSSR count). The van der Waals surface area contributed by atoms with Crippen molar-refractivity contribution < 1.29 is 23.9 Å². The molecular formula is C14H8ClNO5. The highest BCUT2D eigenvalue weighted by atomic mass is 35.5. The lowest BCUT2D eigenvalue weighted by atomic mass is 10.3. The minimum absolute atomic E-state index is 0.322. The van der Waals surface area contributed by atoms with Gasteiger partial charge in [-0.3, -0.25) is 9.59 Å². The third kappa shape index (κ3) is 3.64. The Balaban J connectivity index is 0.000000194. The zero-order valence-corrected chi connectivity index (χ0v) is 11.2. The number of rotatable bonds is 1. The third-order valence-corrected chi connectivity index (χ3v) is 2.70. The Morgan fingerprint density at radius 1 is 0.762 bits per heavy atom. The van der Waals surface area contributed by atoms with Gasteiger partial charge < -0.3 is 4.74 Å². The van der Waals surface area contributed by atoms with Crippen LogP contribution in [0.15, 0.2) is 48.6 Å². The lowest BCUT2D eigenvalue weighted by molar-refractivity contribution is -0.150. The zero-order chi connectivity index (χ0) is 15.4. The van der Waals surface area contributed by atoms with Crippen LogP contribution in [-0.2, 0) is 23.9 Å². The highest BCUT2D eigenvalue weighted by Crippen LogP contribution is 2.20. The zero-order valence-electron chi connectivity index (χ0n) is 10.5. The second-order valence-corrected chi connectivity index (χ2v) is 4.33. The van der Waals surface area contributed by atoms with Crippen LogP contribution in [0.2, 0.25) is 5.02 Å². The Morgan fingerprint density at radius 2 is 1.24 bits per heavy atom. The summed E-state index contributed by atoms with van der Waals surface area (Å²) >= 11 is 5.69. The van der Waals surface area contributed by atoms with Crippen LogP contribution in [0.3, 0.4) is 0 Å². The van der Waals surface area contributed by atoms with Gasteiger partial charge in [-0.25, -0.2) is 14.5 Å². The van der Waals surface area contributed by atoms with Crippen molar-refractivity contribution in [1.82, 2.24) is 0 Å². The lowest BCUT2D eigenvalue weighted by Gasteiger charge is -2.13. The normalized spacial score (nSPS) is 16.1. The predicted molar refractivity (Wildman–Crippen MR) is 73.3 cm³/mol. The molecule has 106 valence electrons. The summed E-state index contributed by atoms with van der Waals surface area (Å²) < 4.78 is 3.97. The summed E-state index contributed by atoms with van der Waals surface area (Å²) in [5.41, 5.74) is 0.536. The van der Waals surface area contributed by atoms with Crippen LogP contribution >= 0.6 is 11.6 Å². The van der Waals surface area contributed by atoms with Gasteiger partial charge in [-0.05, 0) is 24.3 Å². The Bertz CT molecular complexity index is 641. The van der Waals surface area contributed by atoms with E-state index in [-0.39, 0.29) is 11.8 Å². The van der Waals surface area contributed by atoms with E-state index >= 15 is 0 Å². The molecule has 0 bridgehead atoms. The van der Waals surface area contributed by atoms with E-state index in [9.17, 15) is 19.2 Å². The molecule has 1 aromatic carbocycles. The Kier molecular flexibility index (Phi) is 4.30. The molecular weight excluding hydrogens is 298 g/mol. The molecule has 0 saturated heterocycles. The highest BCUT2D eigenvalue weighted by Gasteiger charge is 2.24. The summed E-state index contributed by atoms with van der Waals surface area (Å²) in [6.45, 7) is 0. The van der Waals surface area contributed by atoms with Crippen molar-refractivity contribution in [2.45, 2.75) is 0 Å². The van der Waals surface area contributed by atoms with E-state index in [0.29, 0.717) is 10.7 Å². The van der Waals surface area contributed by atoms with E-state index in [4.69, 9.17) is 11.6 Å². The average molecular weight is 306 g/mol. The summed E-state index contributed by atoms with van der Waals surface area (Å²) in [5, 5.41) is 0.570. The fourth-order valence-corrected chi connectivity index (χ4v) is 1.67. The molecule has 0 N–H and O–H groups in total. The topological polar surface area (TPSA) is 80.8 Å².